The van der Waals surface area contributed by atoms with Gasteiger partial charge in [-0.25, -0.2) is 4.98 Å². The van der Waals surface area contributed by atoms with Gasteiger partial charge < -0.3 is 15.7 Å². The lowest BCUT2D eigenvalue weighted by atomic mass is 9.85. The van der Waals surface area contributed by atoms with E-state index in [9.17, 15) is 5.11 Å². The number of fused-ring (bicyclic) bond motifs is 1. The minimum absolute atomic E-state index is 0.203. The van der Waals surface area contributed by atoms with Gasteiger partial charge in [0.2, 0.25) is 12.4 Å². The smallest absolute Gasteiger partial charge is 0.227 e. The zero-order chi connectivity index (χ0) is 20.2. The van der Waals surface area contributed by atoms with Gasteiger partial charge in [-0.2, -0.15) is 9.61 Å². The second-order valence-electron chi connectivity index (χ2n) is 7.34. The number of nitrogens with one attached hydrogen (secondary N) is 2. The minimum atomic E-state index is 0.203. The van der Waals surface area contributed by atoms with Crippen molar-refractivity contribution in [3.05, 3.63) is 46.8 Å². The molecule has 0 aromatic carbocycles. The molecular formula is C20H26BrN6O2+. The fourth-order valence-corrected chi connectivity index (χ4v) is 4.20. The van der Waals surface area contributed by atoms with Gasteiger partial charge >= 0.3 is 0 Å². The first kappa shape index (κ1) is 19.9. The summed E-state index contributed by atoms with van der Waals surface area (Å²) in [5, 5.41) is 21.2. The quantitative estimate of drug-likeness (QED) is 0.468. The SMILES string of the molecule is CO[n+]1cccc(CNc2cc(N[C@@H]3CCCC[C@@H]3CO)nc3c(Br)cnn23)c1. The van der Waals surface area contributed by atoms with E-state index in [1.165, 1.54) is 12.8 Å². The molecular weight excluding hydrogens is 436 g/mol. The Balaban J connectivity index is 1.59. The molecule has 1 saturated carbocycles. The van der Waals surface area contributed by atoms with Crippen LogP contribution in [0.3, 0.4) is 0 Å². The minimum Gasteiger partial charge on any atom is -0.396 e. The van der Waals surface area contributed by atoms with Crippen LogP contribution in [0.25, 0.3) is 5.65 Å². The lowest BCUT2D eigenvalue weighted by molar-refractivity contribution is -0.885. The highest BCUT2D eigenvalue weighted by molar-refractivity contribution is 9.10. The highest BCUT2D eigenvalue weighted by atomic mass is 79.9. The van der Waals surface area contributed by atoms with E-state index in [0.29, 0.717) is 6.54 Å². The van der Waals surface area contributed by atoms with Gasteiger partial charge in [0, 0.05) is 47.5 Å². The molecule has 3 heterocycles. The summed E-state index contributed by atoms with van der Waals surface area (Å²) in [6, 6.07) is 6.18. The lowest BCUT2D eigenvalue weighted by Crippen LogP contribution is -2.40. The van der Waals surface area contributed by atoms with E-state index in [0.717, 1.165) is 40.2 Å². The third kappa shape index (κ3) is 4.45. The van der Waals surface area contributed by atoms with Crippen molar-refractivity contribution < 1.29 is 14.7 Å². The lowest BCUT2D eigenvalue weighted by Gasteiger charge is -2.31. The zero-order valence-corrected chi connectivity index (χ0v) is 18.0. The van der Waals surface area contributed by atoms with Crippen molar-refractivity contribution in [1.82, 2.24) is 14.6 Å². The molecule has 8 nitrogen and oxygen atoms in total. The summed E-state index contributed by atoms with van der Waals surface area (Å²) >= 11 is 3.54. The van der Waals surface area contributed by atoms with Crippen LogP contribution in [0.2, 0.25) is 0 Å². The fraction of sp³-hybridized carbons (Fsp3) is 0.450. The Hall–Kier alpha value is -2.39. The Morgan fingerprint density at radius 1 is 1.38 bits per heavy atom. The topological polar surface area (TPSA) is 87.6 Å². The number of halogens is 1. The van der Waals surface area contributed by atoms with Gasteiger partial charge in [-0.15, -0.1) is 0 Å². The van der Waals surface area contributed by atoms with Gasteiger partial charge in [-0.1, -0.05) is 12.8 Å². The molecule has 3 aromatic rings. The van der Waals surface area contributed by atoms with Crippen molar-refractivity contribution in [3.63, 3.8) is 0 Å². The molecule has 0 unspecified atom stereocenters. The van der Waals surface area contributed by atoms with E-state index >= 15 is 0 Å². The van der Waals surface area contributed by atoms with Crippen molar-refractivity contribution in [2.24, 2.45) is 5.92 Å². The summed E-state index contributed by atoms with van der Waals surface area (Å²) in [6.45, 7) is 0.817. The van der Waals surface area contributed by atoms with Gasteiger partial charge in [-0.05, 0) is 34.8 Å². The predicted molar refractivity (Wildman–Crippen MR) is 114 cm³/mol. The van der Waals surface area contributed by atoms with Crippen LogP contribution in [0, 0.1) is 5.92 Å². The Labute approximate surface area is 178 Å². The number of aliphatic hydroxyl groups is 1. The second-order valence-corrected chi connectivity index (χ2v) is 8.20. The molecule has 0 spiro atoms. The first-order chi connectivity index (χ1) is 14.2. The Morgan fingerprint density at radius 2 is 2.24 bits per heavy atom. The average molecular weight is 462 g/mol. The molecule has 3 N–H and O–H groups in total. The van der Waals surface area contributed by atoms with Gasteiger partial charge in [0.1, 0.15) is 18.7 Å². The van der Waals surface area contributed by atoms with Crippen LogP contribution >= 0.6 is 15.9 Å². The number of nitrogens with zero attached hydrogens (tertiary/aromatic N) is 4. The van der Waals surface area contributed by atoms with Crippen molar-refractivity contribution in [1.29, 1.82) is 0 Å². The number of hydrogen-bond donors (Lipinski definition) is 3. The van der Waals surface area contributed by atoms with E-state index in [-0.39, 0.29) is 18.6 Å². The van der Waals surface area contributed by atoms with E-state index in [2.05, 4.69) is 31.7 Å². The van der Waals surface area contributed by atoms with Gasteiger partial charge in [0.05, 0.1) is 10.7 Å². The average Bonchev–Trinajstić information content (AvgIpc) is 3.13. The molecule has 0 aliphatic heterocycles. The molecule has 29 heavy (non-hydrogen) atoms. The number of hydrogen-bond acceptors (Lipinski definition) is 6. The molecule has 2 atom stereocenters. The number of anilines is 2. The molecule has 4 rings (SSSR count). The second kappa shape index (κ2) is 8.96. The number of pyridine rings is 1. The molecule has 1 aliphatic rings. The summed E-state index contributed by atoms with van der Waals surface area (Å²) in [5.74, 6) is 1.89. The Bertz CT molecular complexity index is 979. The Kier molecular flexibility index (Phi) is 6.15. The van der Waals surface area contributed by atoms with Crippen LogP contribution < -0.4 is 20.2 Å². The van der Waals surface area contributed by atoms with Crippen LogP contribution in [0.15, 0.2) is 41.3 Å². The summed E-state index contributed by atoms with van der Waals surface area (Å²) in [4.78, 5) is 9.97. The molecule has 3 aromatic heterocycles. The monoisotopic (exact) mass is 461 g/mol. The maximum Gasteiger partial charge on any atom is 0.227 e. The highest BCUT2D eigenvalue weighted by Crippen LogP contribution is 2.28. The van der Waals surface area contributed by atoms with Gasteiger partial charge in [0.15, 0.2) is 5.65 Å². The molecule has 0 saturated heterocycles. The molecule has 1 aliphatic carbocycles. The maximum absolute atomic E-state index is 9.72. The van der Waals surface area contributed by atoms with E-state index in [4.69, 9.17) is 9.82 Å². The van der Waals surface area contributed by atoms with Crippen molar-refractivity contribution in [3.8, 4) is 0 Å². The molecule has 0 radical (unpaired) electrons. The summed E-state index contributed by atoms with van der Waals surface area (Å²) < 4.78 is 4.28. The summed E-state index contributed by atoms with van der Waals surface area (Å²) in [6.07, 6.45) is 9.96. The Morgan fingerprint density at radius 3 is 3.07 bits per heavy atom. The first-order valence-electron chi connectivity index (χ1n) is 9.88. The first-order valence-corrected chi connectivity index (χ1v) is 10.7. The molecule has 9 heteroatoms. The highest BCUT2D eigenvalue weighted by Gasteiger charge is 2.25. The fourth-order valence-electron chi connectivity index (χ4n) is 3.85. The normalized spacial score (nSPS) is 19.3. The summed E-state index contributed by atoms with van der Waals surface area (Å²) in [7, 11) is 1.63. The molecule has 0 bridgehead atoms. The van der Waals surface area contributed by atoms with Crippen molar-refractivity contribution in [2.45, 2.75) is 38.3 Å². The molecule has 0 amide bonds. The zero-order valence-electron chi connectivity index (χ0n) is 16.4. The number of rotatable bonds is 7. The van der Waals surface area contributed by atoms with E-state index in [1.54, 1.807) is 22.6 Å². The van der Waals surface area contributed by atoms with Gasteiger partial charge in [-0.3, -0.25) is 4.84 Å². The van der Waals surface area contributed by atoms with Crippen LogP contribution in [0.5, 0.6) is 0 Å². The van der Waals surface area contributed by atoms with Crippen LogP contribution in [-0.2, 0) is 6.54 Å². The van der Waals surface area contributed by atoms with Crippen LogP contribution in [0.4, 0.5) is 11.6 Å². The van der Waals surface area contributed by atoms with Crippen LogP contribution in [-0.4, -0.2) is 39.5 Å². The van der Waals surface area contributed by atoms with Gasteiger partial charge in [0.25, 0.3) is 0 Å². The molecule has 154 valence electrons. The van der Waals surface area contributed by atoms with Crippen molar-refractivity contribution in [2.75, 3.05) is 24.4 Å². The largest absolute Gasteiger partial charge is 0.396 e. The maximum atomic E-state index is 9.72. The number of aromatic nitrogens is 4. The standard InChI is InChI=1S/C20H26BrN6O2/c1-29-26-8-4-5-14(12-26)10-22-19-9-18(25-20-16(21)11-23-27(19)20)24-17-7-3-2-6-15(17)13-28/h4-5,8-9,11-12,15,17,22,28H,2-3,6-7,10,13H2,1H3,(H,24,25)/q+1/t15-,17-/m1/s1. The van der Waals surface area contributed by atoms with E-state index in [1.807, 2.05) is 30.6 Å². The molecule has 1 fully saturated rings. The van der Waals surface area contributed by atoms with Crippen LogP contribution in [0.1, 0.15) is 31.2 Å². The number of aliphatic hydroxyl groups excluding tert-OH is 1. The third-order valence-electron chi connectivity index (χ3n) is 5.43. The van der Waals surface area contributed by atoms with E-state index < -0.39 is 0 Å². The predicted octanol–water partition coefficient (Wildman–Crippen LogP) is 2.41. The third-order valence-corrected chi connectivity index (χ3v) is 5.99. The summed E-state index contributed by atoms with van der Waals surface area (Å²) in [5.41, 5.74) is 1.82. The van der Waals surface area contributed by atoms with Crippen molar-refractivity contribution >= 4 is 33.2 Å².